The Kier molecular flexibility index (Phi) is 3.96. The summed E-state index contributed by atoms with van der Waals surface area (Å²) in [7, 11) is 0. The lowest BCUT2D eigenvalue weighted by Crippen LogP contribution is -2.36. The monoisotopic (exact) mass is 294 g/mol. The van der Waals surface area contributed by atoms with E-state index in [1.165, 1.54) is 0 Å². The smallest absolute Gasteiger partial charge is 0.152 e. The zero-order valence-corrected chi connectivity index (χ0v) is 13.6. The van der Waals surface area contributed by atoms with Crippen LogP contribution in [0.2, 0.25) is 0 Å². The highest BCUT2D eigenvalue weighted by molar-refractivity contribution is 6.18. The van der Waals surface area contributed by atoms with E-state index in [-0.39, 0.29) is 11.0 Å². The third-order valence-electron chi connectivity index (χ3n) is 3.65. The fourth-order valence-corrected chi connectivity index (χ4v) is 2.14. The molecule has 0 aromatic carbocycles. The fourth-order valence-electron chi connectivity index (χ4n) is 1.89. The topological polar surface area (TPSA) is 42.2 Å². The van der Waals surface area contributed by atoms with Crippen LogP contribution < -0.4 is 5.32 Å². The van der Waals surface area contributed by atoms with Gasteiger partial charge < -0.3 is 5.32 Å². The first-order valence-electron chi connectivity index (χ1n) is 6.98. The number of alkyl halides is 1. The van der Waals surface area contributed by atoms with Gasteiger partial charge in [-0.3, -0.25) is 0 Å². The summed E-state index contributed by atoms with van der Waals surface area (Å²) in [5.74, 6) is 1.37. The molecule has 1 N–H and O–H groups in total. The molecular formula is C15H23ClN4. The lowest BCUT2D eigenvalue weighted by molar-refractivity contribution is 0.551. The zero-order valence-electron chi connectivity index (χ0n) is 12.9. The molecule has 0 aliphatic carbocycles. The number of nitrogens with one attached hydrogen (secondary N) is 1. The fraction of sp³-hybridized carbons (Fsp3) is 0.600. The van der Waals surface area contributed by atoms with E-state index in [9.17, 15) is 0 Å². The van der Waals surface area contributed by atoms with Gasteiger partial charge >= 0.3 is 0 Å². The summed E-state index contributed by atoms with van der Waals surface area (Å²) in [5, 5.41) is 8.09. The number of fused-ring (bicyclic) bond motifs is 1. The molecule has 0 aliphatic heterocycles. The van der Waals surface area contributed by atoms with Gasteiger partial charge in [0.05, 0.1) is 5.69 Å². The molecule has 4 nitrogen and oxygen atoms in total. The Morgan fingerprint density at radius 2 is 2.00 bits per heavy atom. The number of halogens is 1. The second-order valence-corrected chi connectivity index (χ2v) is 6.83. The Labute approximate surface area is 125 Å². The van der Waals surface area contributed by atoms with Crippen molar-refractivity contribution in [3.05, 3.63) is 24.2 Å². The number of hydrogen-bond donors (Lipinski definition) is 1. The summed E-state index contributed by atoms with van der Waals surface area (Å²) in [6, 6.07) is 2.10. The molecule has 0 fully saturated rings. The van der Waals surface area contributed by atoms with Gasteiger partial charge in [-0.1, -0.05) is 27.7 Å². The Morgan fingerprint density at radius 3 is 2.55 bits per heavy atom. The highest BCUT2D eigenvalue weighted by Gasteiger charge is 2.24. The van der Waals surface area contributed by atoms with Crippen molar-refractivity contribution < 1.29 is 0 Å². The SMILES string of the molecule is CCC(C)(CCl)Nc1nccn2nc(C(C)(C)C)cc12. The summed E-state index contributed by atoms with van der Waals surface area (Å²) in [6.07, 6.45) is 4.57. The maximum atomic E-state index is 6.08. The van der Waals surface area contributed by atoms with E-state index in [0.717, 1.165) is 23.4 Å². The molecule has 0 bridgehead atoms. The molecule has 110 valence electrons. The van der Waals surface area contributed by atoms with Crippen LogP contribution in [0.4, 0.5) is 5.82 Å². The van der Waals surface area contributed by atoms with Crippen LogP contribution in [0.15, 0.2) is 18.5 Å². The van der Waals surface area contributed by atoms with Crippen molar-refractivity contribution in [2.24, 2.45) is 0 Å². The highest BCUT2D eigenvalue weighted by atomic mass is 35.5. The van der Waals surface area contributed by atoms with E-state index in [1.54, 1.807) is 6.20 Å². The van der Waals surface area contributed by atoms with Gasteiger partial charge in [-0.05, 0) is 19.4 Å². The summed E-state index contributed by atoms with van der Waals surface area (Å²) in [5.41, 5.74) is 1.90. The van der Waals surface area contributed by atoms with Gasteiger partial charge in [-0.25, -0.2) is 9.50 Å². The predicted molar refractivity (Wildman–Crippen MR) is 84.7 cm³/mol. The average molecular weight is 295 g/mol. The molecule has 0 amide bonds. The van der Waals surface area contributed by atoms with E-state index < -0.39 is 0 Å². The average Bonchev–Trinajstić information content (AvgIpc) is 2.83. The van der Waals surface area contributed by atoms with Crippen molar-refractivity contribution in [2.45, 2.75) is 52.0 Å². The normalized spacial score (nSPS) is 15.3. The molecule has 20 heavy (non-hydrogen) atoms. The van der Waals surface area contributed by atoms with E-state index in [0.29, 0.717) is 5.88 Å². The lowest BCUT2D eigenvalue weighted by Gasteiger charge is -2.27. The molecular weight excluding hydrogens is 272 g/mol. The number of aromatic nitrogens is 3. The van der Waals surface area contributed by atoms with Crippen molar-refractivity contribution in [1.82, 2.24) is 14.6 Å². The Balaban J connectivity index is 2.47. The van der Waals surface area contributed by atoms with Crippen LogP contribution in [0.5, 0.6) is 0 Å². The summed E-state index contributed by atoms with van der Waals surface area (Å²) in [4.78, 5) is 4.45. The van der Waals surface area contributed by atoms with Gasteiger partial charge in [0.25, 0.3) is 0 Å². The standard InChI is InChI=1S/C15H23ClN4/c1-6-15(5,10-16)18-13-11-9-12(14(2,3)4)19-20(11)8-7-17-13/h7-9H,6,10H2,1-5H3,(H,17,18). The maximum absolute atomic E-state index is 6.08. The van der Waals surface area contributed by atoms with Crippen molar-refractivity contribution in [1.29, 1.82) is 0 Å². The molecule has 1 atom stereocenters. The molecule has 2 aromatic heterocycles. The van der Waals surface area contributed by atoms with Crippen LogP contribution >= 0.6 is 11.6 Å². The zero-order chi connectivity index (χ0) is 15.0. The molecule has 0 saturated carbocycles. The van der Waals surface area contributed by atoms with Gasteiger partial charge in [-0.2, -0.15) is 5.10 Å². The Hall–Kier alpha value is -1.29. The first-order chi connectivity index (χ1) is 9.29. The van der Waals surface area contributed by atoms with Crippen molar-refractivity contribution in [3.63, 3.8) is 0 Å². The molecule has 0 spiro atoms. The maximum Gasteiger partial charge on any atom is 0.152 e. The molecule has 0 aliphatic rings. The molecule has 0 saturated heterocycles. The third-order valence-corrected chi connectivity index (χ3v) is 4.24. The first-order valence-corrected chi connectivity index (χ1v) is 7.51. The van der Waals surface area contributed by atoms with Gasteiger partial charge in [0, 0.05) is 29.2 Å². The molecule has 1 unspecified atom stereocenters. The van der Waals surface area contributed by atoms with Gasteiger partial charge in [0.1, 0.15) is 5.52 Å². The van der Waals surface area contributed by atoms with Gasteiger partial charge in [-0.15, -0.1) is 11.6 Å². The van der Waals surface area contributed by atoms with Crippen molar-refractivity contribution in [3.8, 4) is 0 Å². The van der Waals surface area contributed by atoms with Crippen LogP contribution in [0.1, 0.15) is 46.7 Å². The second-order valence-electron chi connectivity index (χ2n) is 6.56. The Bertz CT molecular complexity index is 593. The molecule has 0 radical (unpaired) electrons. The van der Waals surface area contributed by atoms with Crippen LogP contribution in [-0.2, 0) is 5.41 Å². The number of hydrogen-bond acceptors (Lipinski definition) is 3. The molecule has 2 rings (SSSR count). The second kappa shape index (κ2) is 5.24. The summed E-state index contributed by atoms with van der Waals surface area (Å²) < 4.78 is 1.88. The van der Waals surface area contributed by atoms with Gasteiger partial charge in [0.2, 0.25) is 0 Å². The lowest BCUT2D eigenvalue weighted by atomic mass is 9.92. The largest absolute Gasteiger partial charge is 0.362 e. The van der Waals surface area contributed by atoms with E-state index in [1.807, 2.05) is 10.7 Å². The van der Waals surface area contributed by atoms with Crippen molar-refractivity contribution in [2.75, 3.05) is 11.2 Å². The third kappa shape index (κ3) is 2.90. The number of anilines is 1. The molecule has 2 heterocycles. The summed E-state index contributed by atoms with van der Waals surface area (Å²) in [6.45, 7) is 10.7. The number of rotatable bonds is 4. The first kappa shape index (κ1) is 15.1. The minimum absolute atomic E-state index is 0.0177. The molecule has 5 heteroatoms. The minimum atomic E-state index is -0.164. The van der Waals surface area contributed by atoms with Gasteiger partial charge in [0.15, 0.2) is 5.82 Å². The van der Waals surface area contributed by atoms with E-state index >= 15 is 0 Å². The quantitative estimate of drug-likeness (QED) is 0.871. The highest BCUT2D eigenvalue weighted by Crippen LogP contribution is 2.26. The van der Waals surface area contributed by atoms with E-state index in [2.05, 4.69) is 56.1 Å². The Morgan fingerprint density at radius 1 is 1.30 bits per heavy atom. The summed E-state index contributed by atoms with van der Waals surface area (Å²) >= 11 is 6.08. The predicted octanol–water partition coefficient (Wildman–Crippen LogP) is 3.85. The van der Waals surface area contributed by atoms with Crippen LogP contribution in [0, 0.1) is 0 Å². The number of nitrogens with zero attached hydrogens (tertiary/aromatic N) is 3. The van der Waals surface area contributed by atoms with Crippen LogP contribution in [-0.4, -0.2) is 26.0 Å². The molecule has 2 aromatic rings. The van der Waals surface area contributed by atoms with E-state index in [4.69, 9.17) is 11.6 Å². The van der Waals surface area contributed by atoms with Crippen LogP contribution in [0.3, 0.4) is 0 Å². The van der Waals surface area contributed by atoms with Crippen LogP contribution in [0.25, 0.3) is 5.52 Å². The van der Waals surface area contributed by atoms with Crippen molar-refractivity contribution >= 4 is 22.9 Å². The minimum Gasteiger partial charge on any atom is -0.362 e.